The Morgan fingerprint density at radius 3 is 2.65 bits per heavy atom. The summed E-state index contributed by atoms with van der Waals surface area (Å²) in [6.07, 6.45) is -1.18. The summed E-state index contributed by atoms with van der Waals surface area (Å²) >= 11 is 1.04. The van der Waals surface area contributed by atoms with Crippen molar-refractivity contribution >= 4 is 40.1 Å². The number of allylic oxidation sites excluding steroid dienone is 2. The van der Waals surface area contributed by atoms with E-state index in [0.717, 1.165) is 36.4 Å². The lowest BCUT2D eigenvalue weighted by molar-refractivity contribution is -0.137. The number of halogens is 3. The maximum atomic E-state index is 13.1. The van der Waals surface area contributed by atoms with E-state index >= 15 is 0 Å². The lowest BCUT2D eigenvalue weighted by Gasteiger charge is -2.28. The van der Waals surface area contributed by atoms with E-state index in [9.17, 15) is 22.8 Å². The molecule has 1 atom stereocenters. The molecule has 0 aromatic heterocycles. The number of carbonyl (C=O) groups excluding carboxylic acids is 2. The molecule has 0 spiro atoms. The Balaban J connectivity index is 1.64. The van der Waals surface area contributed by atoms with Crippen LogP contribution in [-0.2, 0) is 15.8 Å². The Hall–Kier alpha value is -2.62. The number of amides is 2. The summed E-state index contributed by atoms with van der Waals surface area (Å²) in [5, 5.41) is 12.6. The summed E-state index contributed by atoms with van der Waals surface area (Å²) < 4.78 is 39.2. The van der Waals surface area contributed by atoms with Crippen molar-refractivity contribution in [1.29, 1.82) is 0 Å². The van der Waals surface area contributed by atoms with Crippen molar-refractivity contribution in [2.75, 3.05) is 5.32 Å². The predicted octanol–water partition coefficient (Wildman–Crippen LogP) is 4.74. The van der Waals surface area contributed by atoms with Crippen molar-refractivity contribution in [3.63, 3.8) is 0 Å². The van der Waals surface area contributed by atoms with Gasteiger partial charge in [0.05, 0.1) is 17.0 Å². The van der Waals surface area contributed by atoms with Crippen LogP contribution in [0.5, 0.6) is 0 Å². The second-order valence-electron chi connectivity index (χ2n) is 8.40. The van der Waals surface area contributed by atoms with E-state index in [1.165, 1.54) is 23.8 Å². The third-order valence-corrected chi connectivity index (χ3v) is 5.83. The minimum Gasteiger partial charge on any atom is -0.325 e. The van der Waals surface area contributed by atoms with Gasteiger partial charge in [-0.2, -0.15) is 18.3 Å². The molecule has 1 aromatic carbocycles. The standard InChI is InChI=1S/C21H23F3N4O2S/c1-12-8-13(11-20(2,3)10-12)27-28-19-26-18(30)16(31-19)9-17(29)25-15-7-5-4-6-14(15)21(22,23)24/h4-8,16H,9-11H2,1-3H3,(H,25,29)(H,26,28,30)/b27-13-. The Morgan fingerprint density at radius 2 is 1.97 bits per heavy atom. The molecule has 0 bridgehead atoms. The molecular formula is C21H23F3N4O2S. The van der Waals surface area contributed by atoms with Crippen molar-refractivity contribution in [1.82, 2.24) is 5.32 Å². The zero-order chi connectivity index (χ0) is 22.8. The van der Waals surface area contributed by atoms with Crippen molar-refractivity contribution in [3.8, 4) is 0 Å². The number of para-hydroxylation sites is 1. The van der Waals surface area contributed by atoms with Crippen LogP contribution in [0.15, 0.2) is 46.1 Å². The van der Waals surface area contributed by atoms with Gasteiger partial charge < -0.3 is 10.6 Å². The zero-order valence-electron chi connectivity index (χ0n) is 17.3. The van der Waals surface area contributed by atoms with Crippen LogP contribution in [0.25, 0.3) is 0 Å². The molecule has 1 heterocycles. The molecule has 1 aliphatic carbocycles. The molecule has 166 valence electrons. The zero-order valence-corrected chi connectivity index (χ0v) is 18.2. The van der Waals surface area contributed by atoms with Crippen LogP contribution >= 0.6 is 11.8 Å². The second-order valence-corrected chi connectivity index (χ2v) is 9.59. The number of nitrogens with one attached hydrogen (secondary N) is 2. The summed E-state index contributed by atoms with van der Waals surface area (Å²) in [5.41, 5.74) is 0.805. The van der Waals surface area contributed by atoms with Crippen LogP contribution in [0.1, 0.15) is 45.6 Å². The molecule has 6 nitrogen and oxygen atoms in total. The first-order chi connectivity index (χ1) is 14.4. The second kappa shape index (κ2) is 8.86. The van der Waals surface area contributed by atoms with Gasteiger partial charge >= 0.3 is 6.18 Å². The summed E-state index contributed by atoms with van der Waals surface area (Å²) in [6, 6.07) is 4.70. The largest absolute Gasteiger partial charge is 0.418 e. The van der Waals surface area contributed by atoms with Gasteiger partial charge in [0.25, 0.3) is 0 Å². The smallest absolute Gasteiger partial charge is 0.325 e. The molecule has 1 fully saturated rings. The lowest BCUT2D eigenvalue weighted by Crippen LogP contribution is -2.28. The summed E-state index contributed by atoms with van der Waals surface area (Å²) in [4.78, 5) is 24.4. The Labute approximate surface area is 182 Å². The van der Waals surface area contributed by atoms with Gasteiger partial charge in [0.15, 0.2) is 5.17 Å². The van der Waals surface area contributed by atoms with Gasteiger partial charge in [-0.25, -0.2) is 0 Å². The number of anilines is 1. The van der Waals surface area contributed by atoms with E-state index in [-0.39, 0.29) is 22.7 Å². The van der Waals surface area contributed by atoms with Gasteiger partial charge in [0, 0.05) is 6.42 Å². The summed E-state index contributed by atoms with van der Waals surface area (Å²) in [5.74, 6) is -1.12. The fraction of sp³-hybridized carbons (Fsp3) is 0.429. The number of carbonyl (C=O) groups is 2. The maximum absolute atomic E-state index is 13.1. The van der Waals surface area contributed by atoms with Gasteiger partial charge in [-0.3, -0.25) is 9.59 Å². The highest BCUT2D eigenvalue weighted by Gasteiger charge is 2.35. The highest BCUT2D eigenvalue weighted by atomic mass is 32.2. The molecule has 2 N–H and O–H groups in total. The van der Waals surface area contributed by atoms with E-state index in [0.29, 0.717) is 0 Å². The molecule has 1 aromatic rings. The van der Waals surface area contributed by atoms with Gasteiger partial charge in [0.2, 0.25) is 11.8 Å². The molecule has 0 radical (unpaired) electrons. The average molecular weight is 453 g/mol. The number of nitrogens with zero attached hydrogens (tertiary/aromatic N) is 2. The minimum absolute atomic E-state index is 0.0806. The molecule has 1 saturated heterocycles. The average Bonchev–Trinajstić information content (AvgIpc) is 2.97. The first-order valence-corrected chi connectivity index (χ1v) is 10.6. The van der Waals surface area contributed by atoms with Crippen LogP contribution in [0.3, 0.4) is 0 Å². The van der Waals surface area contributed by atoms with Gasteiger partial charge in [-0.05, 0) is 43.4 Å². The number of alkyl halides is 3. The van der Waals surface area contributed by atoms with E-state index in [1.807, 2.05) is 13.0 Å². The van der Waals surface area contributed by atoms with Crippen molar-refractivity contribution in [2.24, 2.45) is 15.6 Å². The summed E-state index contributed by atoms with van der Waals surface area (Å²) in [7, 11) is 0. The first kappa shape index (κ1) is 23.1. The number of hydrogen-bond acceptors (Lipinski definition) is 5. The molecule has 2 amide bonds. The van der Waals surface area contributed by atoms with Gasteiger partial charge in [0.1, 0.15) is 5.25 Å². The third-order valence-electron chi connectivity index (χ3n) is 4.75. The monoisotopic (exact) mass is 452 g/mol. The maximum Gasteiger partial charge on any atom is 0.418 e. The fourth-order valence-electron chi connectivity index (χ4n) is 3.66. The van der Waals surface area contributed by atoms with Gasteiger partial charge in [-0.15, -0.1) is 5.10 Å². The van der Waals surface area contributed by atoms with Crippen molar-refractivity contribution in [3.05, 3.63) is 41.5 Å². The molecule has 1 aliphatic heterocycles. The van der Waals surface area contributed by atoms with Crippen LogP contribution < -0.4 is 10.6 Å². The van der Waals surface area contributed by atoms with Gasteiger partial charge in [-0.1, -0.05) is 43.3 Å². The van der Waals surface area contributed by atoms with Crippen molar-refractivity contribution < 1.29 is 22.8 Å². The first-order valence-electron chi connectivity index (χ1n) is 9.68. The van der Waals surface area contributed by atoms with E-state index < -0.39 is 28.8 Å². The van der Waals surface area contributed by atoms with E-state index in [1.54, 1.807) is 0 Å². The molecule has 3 rings (SSSR count). The number of thioether (sulfide) groups is 1. The van der Waals surface area contributed by atoms with E-state index in [2.05, 4.69) is 34.7 Å². The molecule has 31 heavy (non-hydrogen) atoms. The predicted molar refractivity (Wildman–Crippen MR) is 116 cm³/mol. The van der Waals surface area contributed by atoms with Crippen LogP contribution in [-0.4, -0.2) is 27.9 Å². The third kappa shape index (κ3) is 6.19. The van der Waals surface area contributed by atoms with Crippen molar-refractivity contribution in [2.45, 2.75) is 51.5 Å². The SMILES string of the molecule is CC1=C/C(=N/N=C2\NC(=O)C(CC(=O)Nc3ccccc3C(F)(F)F)S2)CC(C)(C)C1. The highest BCUT2D eigenvalue weighted by Crippen LogP contribution is 2.35. The van der Waals surface area contributed by atoms with E-state index in [4.69, 9.17) is 0 Å². The topological polar surface area (TPSA) is 82.9 Å². The molecule has 0 saturated carbocycles. The number of benzene rings is 1. The fourth-order valence-corrected chi connectivity index (χ4v) is 4.58. The molecule has 1 unspecified atom stereocenters. The number of amidine groups is 1. The van der Waals surface area contributed by atoms with Crippen LogP contribution in [0.4, 0.5) is 18.9 Å². The molecule has 10 heteroatoms. The quantitative estimate of drug-likeness (QED) is 0.647. The number of rotatable bonds is 4. The number of hydrogen-bond donors (Lipinski definition) is 2. The normalized spacial score (nSPS) is 23.6. The highest BCUT2D eigenvalue weighted by molar-refractivity contribution is 8.15. The van der Waals surface area contributed by atoms with Crippen LogP contribution in [0, 0.1) is 5.41 Å². The van der Waals surface area contributed by atoms with Crippen LogP contribution in [0.2, 0.25) is 0 Å². The Morgan fingerprint density at radius 1 is 1.26 bits per heavy atom. The summed E-state index contributed by atoms with van der Waals surface area (Å²) in [6.45, 7) is 6.31. The Kier molecular flexibility index (Phi) is 6.59. The molecule has 2 aliphatic rings. The molecular weight excluding hydrogens is 429 g/mol. The lowest BCUT2D eigenvalue weighted by atomic mass is 9.77. The Bertz CT molecular complexity index is 983. The minimum atomic E-state index is -4.59.